The maximum Gasteiger partial charge on any atom is 0.309 e. The first-order valence-corrected chi connectivity index (χ1v) is 4.89. The molecule has 0 fully saturated rings. The molecule has 0 saturated heterocycles. The van der Waals surface area contributed by atoms with Gasteiger partial charge in [-0.1, -0.05) is 35.5 Å². The molecule has 1 heterocycles. The number of benzene rings is 1. The Hall–Kier alpha value is -2.17. The van der Waals surface area contributed by atoms with Gasteiger partial charge in [-0.25, -0.2) is 4.68 Å². The molecule has 0 amide bonds. The smallest absolute Gasteiger partial charge is 0.309 e. The fraction of sp³-hybridized carbons (Fsp3) is 0.182. The van der Waals surface area contributed by atoms with Gasteiger partial charge < -0.3 is 5.11 Å². The van der Waals surface area contributed by atoms with E-state index in [1.54, 1.807) is 10.9 Å². The first kappa shape index (κ1) is 10.4. The molecule has 0 aliphatic carbocycles. The second-order valence-corrected chi connectivity index (χ2v) is 3.46. The predicted molar refractivity (Wildman–Crippen MR) is 56.9 cm³/mol. The summed E-state index contributed by atoms with van der Waals surface area (Å²) in [7, 11) is 0. The Morgan fingerprint density at radius 3 is 2.75 bits per heavy atom. The van der Waals surface area contributed by atoms with Gasteiger partial charge in [0.05, 0.1) is 18.7 Å². The standard InChI is InChI=1S/C11H11N3O2/c15-11(16)6-10-8-14(13-12-10)7-9-4-2-1-3-5-9/h1-5,8H,6-7H2,(H,15,16). The quantitative estimate of drug-likeness (QED) is 0.828. The zero-order valence-electron chi connectivity index (χ0n) is 8.58. The van der Waals surface area contributed by atoms with E-state index in [0.29, 0.717) is 12.2 Å². The van der Waals surface area contributed by atoms with E-state index in [4.69, 9.17) is 5.11 Å². The van der Waals surface area contributed by atoms with E-state index >= 15 is 0 Å². The summed E-state index contributed by atoms with van der Waals surface area (Å²) in [6.45, 7) is 0.605. The van der Waals surface area contributed by atoms with E-state index in [2.05, 4.69) is 10.3 Å². The number of carboxylic acids is 1. The molecule has 0 radical (unpaired) electrons. The summed E-state index contributed by atoms with van der Waals surface area (Å²) in [5.74, 6) is -0.897. The summed E-state index contributed by atoms with van der Waals surface area (Å²) < 4.78 is 1.63. The number of nitrogens with zero attached hydrogens (tertiary/aromatic N) is 3. The van der Waals surface area contributed by atoms with Gasteiger partial charge >= 0.3 is 5.97 Å². The largest absolute Gasteiger partial charge is 0.481 e. The molecule has 2 rings (SSSR count). The number of carbonyl (C=O) groups is 1. The number of hydrogen-bond acceptors (Lipinski definition) is 3. The van der Waals surface area contributed by atoms with Crippen LogP contribution in [-0.2, 0) is 17.8 Å². The van der Waals surface area contributed by atoms with E-state index in [1.165, 1.54) is 0 Å². The van der Waals surface area contributed by atoms with Crippen molar-refractivity contribution in [3.05, 3.63) is 47.8 Å². The first-order valence-electron chi connectivity index (χ1n) is 4.89. The van der Waals surface area contributed by atoms with Gasteiger partial charge in [0.25, 0.3) is 0 Å². The fourth-order valence-electron chi connectivity index (χ4n) is 1.42. The highest BCUT2D eigenvalue weighted by Gasteiger charge is 2.05. The van der Waals surface area contributed by atoms with Crippen molar-refractivity contribution in [1.29, 1.82) is 0 Å². The Bertz CT molecular complexity index is 479. The Labute approximate surface area is 92.3 Å². The van der Waals surface area contributed by atoms with Gasteiger partial charge in [0.2, 0.25) is 0 Å². The van der Waals surface area contributed by atoms with Crippen molar-refractivity contribution < 1.29 is 9.90 Å². The molecule has 1 N–H and O–H groups in total. The lowest BCUT2D eigenvalue weighted by molar-refractivity contribution is -0.136. The normalized spacial score (nSPS) is 10.2. The van der Waals surface area contributed by atoms with Crippen molar-refractivity contribution >= 4 is 5.97 Å². The SMILES string of the molecule is O=C(O)Cc1cn(Cc2ccccc2)nn1. The molecule has 0 saturated carbocycles. The Morgan fingerprint density at radius 1 is 1.31 bits per heavy atom. The van der Waals surface area contributed by atoms with Crippen LogP contribution in [0.15, 0.2) is 36.5 Å². The summed E-state index contributed by atoms with van der Waals surface area (Å²) in [5.41, 5.74) is 1.58. The molecular weight excluding hydrogens is 206 g/mol. The molecule has 0 aliphatic rings. The van der Waals surface area contributed by atoms with Gasteiger partial charge in [-0.3, -0.25) is 4.79 Å². The van der Waals surface area contributed by atoms with Gasteiger partial charge in [-0.2, -0.15) is 0 Å². The van der Waals surface area contributed by atoms with Gasteiger partial charge in [-0.15, -0.1) is 5.10 Å². The van der Waals surface area contributed by atoms with Crippen molar-refractivity contribution in [3.63, 3.8) is 0 Å². The molecule has 16 heavy (non-hydrogen) atoms. The van der Waals surface area contributed by atoms with Crippen LogP contribution >= 0.6 is 0 Å². The number of rotatable bonds is 4. The number of aliphatic carboxylic acids is 1. The van der Waals surface area contributed by atoms with Crippen LogP contribution in [0.4, 0.5) is 0 Å². The summed E-state index contributed by atoms with van der Waals surface area (Å²) >= 11 is 0. The van der Waals surface area contributed by atoms with Gasteiger partial charge in [0.15, 0.2) is 0 Å². The van der Waals surface area contributed by atoms with Crippen LogP contribution in [0.5, 0.6) is 0 Å². The van der Waals surface area contributed by atoms with Crippen molar-refractivity contribution in [2.45, 2.75) is 13.0 Å². The molecule has 0 bridgehead atoms. The minimum atomic E-state index is -0.897. The molecule has 0 aliphatic heterocycles. The van der Waals surface area contributed by atoms with Crippen molar-refractivity contribution in [2.24, 2.45) is 0 Å². The summed E-state index contributed by atoms with van der Waals surface area (Å²) in [6, 6.07) is 9.81. The predicted octanol–water partition coefficient (Wildman–Crippen LogP) is 0.954. The average Bonchev–Trinajstić information content (AvgIpc) is 2.66. The van der Waals surface area contributed by atoms with Crippen LogP contribution in [0.1, 0.15) is 11.3 Å². The topological polar surface area (TPSA) is 68.0 Å². The maximum atomic E-state index is 10.5. The van der Waals surface area contributed by atoms with E-state index < -0.39 is 5.97 Å². The molecule has 5 heteroatoms. The summed E-state index contributed by atoms with van der Waals surface area (Å²) in [5, 5.41) is 16.2. The van der Waals surface area contributed by atoms with Crippen LogP contribution < -0.4 is 0 Å². The van der Waals surface area contributed by atoms with Crippen LogP contribution in [0.2, 0.25) is 0 Å². The minimum Gasteiger partial charge on any atom is -0.481 e. The van der Waals surface area contributed by atoms with Crippen LogP contribution in [0, 0.1) is 0 Å². The lowest BCUT2D eigenvalue weighted by Gasteiger charge is -1.99. The maximum absolute atomic E-state index is 10.5. The van der Waals surface area contributed by atoms with Crippen molar-refractivity contribution in [3.8, 4) is 0 Å². The number of carboxylic acid groups (broad SMARTS) is 1. The molecule has 1 aromatic carbocycles. The molecule has 1 aromatic heterocycles. The Kier molecular flexibility index (Phi) is 2.95. The molecule has 2 aromatic rings. The van der Waals surface area contributed by atoms with Gasteiger partial charge in [0, 0.05) is 6.20 Å². The Morgan fingerprint density at radius 2 is 2.06 bits per heavy atom. The lowest BCUT2D eigenvalue weighted by atomic mass is 10.2. The second-order valence-electron chi connectivity index (χ2n) is 3.46. The molecule has 0 atom stereocenters. The molecule has 5 nitrogen and oxygen atoms in total. The van der Waals surface area contributed by atoms with Crippen LogP contribution in [-0.4, -0.2) is 26.1 Å². The highest BCUT2D eigenvalue weighted by molar-refractivity contribution is 5.69. The van der Waals surface area contributed by atoms with Crippen LogP contribution in [0.25, 0.3) is 0 Å². The minimum absolute atomic E-state index is 0.0885. The number of aromatic nitrogens is 3. The van der Waals surface area contributed by atoms with Crippen molar-refractivity contribution in [2.75, 3.05) is 0 Å². The van der Waals surface area contributed by atoms with Crippen molar-refractivity contribution in [1.82, 2.24) is 15.0 Å². The van der Waals surface area contributed by atoms with E-state index in [-0.39, 0.29) is 6.42 Å². The highest BCUT2D eigenvalue weighted by Crippen LogP contribution is 2.02. The molecule has 0 unspecified atom stereocenters. The Balaban J connectivity index is 2.06. The third-order valence-electron chi connectivity index (χ3n) is 2.11. The molecule has 82 valence electrons. The van der Waals surface area contributed by atoms with Crippen LogP contribution in [0.3, 0.4) is 0 Å². The fourth-order valence-corrected chi connectivity index (χ4v) is 1.42. The summed E-state index contributed by atoms with van der Waals surface area (Å²) in [6.07, 6.45) is 1.57. The zero-order valence-corrected chi connectivity index (χ0v) is 8.58. The van der Waals surface area contributed by atoms with Gasteiger partial charge in [0.1, 0.15) is 0 Å². The van der Waals surface area contributed by atoms with Gasteiger partial charge in [-0.05, 0) is 5.56 Å². The molecule has 0 spiro atoms. The third kappa shape index (κ3) is 2.66. The van der Waals surface area contributed by atoms with E-state index in [0.717, 1.165) is 5.56 Å². The monoisotopic (exact) mass is 217 g/mol. The number of hydrogen-bond donors (Lipinski definition) is 1. The first-order chi connectivity index (χ1) is 7.74. The lowest BCUT2D eigenvalue weighted by Crippen LogP contribution is -2.00. The second kappa shape index (κ2) is 4.57. The molecular formula is C11H11N3O2. The summed E-state index contributed by atoms with van der Waals surface area (Å²) in [4.78, 5) is 10.5. The van der Waals surface area contributed by atoms with E-state index in [1.807, 2.05) is 30.3 Å². The zero-order chi connectivity index (χ0) is 11.4. The highest BCUT2D eigenvalue weighted by atomic mass is 16.4. The average molecular weight is 217 g/mol. The van der Waals surface area contributed by atoms with E-state index in [9.17, 15) is 4.79 Å². The third-order valence-corrected chi connectivity index (χ3v) is 2.11.